The van der Waals surface area contributed by atoms with E-state index in [1.54, 1.807) is 12.1 Å². The van der Waals surface area contributed by atoms with Gasteiger partial charge in [0.05, 0.1) is 11.3 Å². The topological polar surface area (TPSA) is 75.4 Å². The lowest BCUT2D eigenvalue weighted by atomic mass is 10.0. The molecule has 1 aliphatic rings. The van der Waals surface area contributed by atoms with E-state index in [0.29, 0.717) is 5.56 Å². The number of rotatable bonds is 6. The van der Waals surface area contributed by atoms with Crippen molar-refractivity contribution in [2.45, 2.75) is 46.0 Å². The van der Waals surface area contributed by atoms with Crippen LogP contribution in [0.2, 0.25) is 0 Å². The molecular formula is C18H27N3O2. The first-order chi connectivity index (χ1) is 11.1. The second kappa shape index (κ2) is 7.99. The number of amides is 2. The number of piperidine rings is 1. The molecular weight excluding hydrogens is 290 g/mol. The lowest BCUT2D eigenvalue weighted by molar-refractivity contribution is -0.120. The van der Waals surface area contributed by atoms with Gasteiger partial charge in [0.15, 0.2) is 0 Å². The van der Waals surface area contributed by atoms with Gasteiger partial charge in [-0.1, -0.05) is 13.8 Å². The average Bonchev–Trinajstić information content (AvgIpc) is 2.56. The van der Waals surface area contributed by atoms with Crippen LogP contribution in [0.15, 0.2) is 18.2 Å². The van der Waals surface area contributed by atoms with E-state index in [1.807, 2.05) is 19.9 Å². The van der Waals surface area contributed by atoms with Crippen molar-refractivity contribution in [2.75, 3.05) is 23.3 Å². The molecule has 5 heteroatoms. The standard InChI is InChI=1S/C18H27N3O2/c1-3-13(4-2)18(23)20-14-8-9-15(17(19)22)16(12-14)21-10-6-5-7-11-21/h8-9,12-13H,3-7,10-11H2,1-2H3,(H2,19,22)(H,20,23). The van der Waals surface area contributed by atoms with Gasteiger partial charge in [-0.05, 0) is 50.3 Å². The van der Waals surface area contributed by atoms with Crippen molar-refractivity contribution < 1.29 is 9.59 Å². The Kier molecular flexibility index (Phi) is 6.02. The molecule has 1 aromatic rings. The first kappa shape index (κ1) is 17.3. The van der Waals surface area contributed by atoms with Crippen molar-refractivity contribution >= 4 is 23.2 Å². The summed E-state index contributed by atoms with van der Waals surface area (Å²) in [7, 11) is 0. The summed E-state index contributed by atoms with van der Waals surface area (Å²) < 4.78 is 0. The number of nitrogens with zero attached hydrogens (tertiary/aromatic N) is 1. The number of nitrogens with one attached hydrogen (secondary N) is 1. The van der Waals surface area contributed by atoms with Gasteiger partial charge in [-0.25, -0.2) is 0 Å². The molecule has 2 rings (SSSR count). The summed E-state index contributed by atoms with van der Waals surface area (Å²) in [6.45, 7) is 5.88. The predicted octanol–water partition coefficient (Wildman–Crippen LogP) is 3.15. The van der Waals surface area contributed by atoms with E-state index in [-0.39, 0.29) is 11.8 Å². The van der Waals surface area contributed by atoms with Crippen LogP contribution < -0.4 is 16.0 Å². The monoisotopic (exact) mass is 317 g/mol. The maximum absolute atomic E-state index is 12.3. The molecule has 2 amide bonds. The Labute approximate surface area is 138 Å². The Morgan fingerprint density at radius 1 is 1.17 bits per heavy atom. The summed E-state index contributed by atoms with van der Waals surface area (Å²) in [6, 6.07) is 5.36. The molecule has 0 bridgehead atoms. The first-order valence-corrected chi connectivity index (χ1v) is 8.56. The van der Waals surface area contributed by atoms with Crippen LogP contribution >= 0.6 is 0 Å². The maximum atomic E-state index is 12.3. The number of hydrogen-bond acceptors (Lipinski definition) is 3. The molecule has 0 unspecified atom stereocenters. The number of carbonyl (C=O) groups is 2. The molecule has 126 valence electrons. The molecule has 0 spiro atoms. The normalized spacial score (nSPS) is 14.8. The lowest BCUT2D eigenvalue weighted by Gasteiger charge is -2.30. The fraction of sp³-hybridized carbons (Fsp3) is 0.556. The third kappa shape index (κ3) is 4.24. The van der Waals surface area contributed by atoms with Gasteiger partial charge in [-0.15, -0.1) is 0 Å². The lowest BCUT2D eigenvalue weighted by Crippen LogP contribution is -2.31. The van der Waals surface area contributed by atoms with Crippen LogP contribution in [-0.2, 0) is 4.79 Å². The maximum Gasteiger partial charge on any atom is 0.250 e. The summed E-state index contributed by atoms with van der Waals surface area (Å²) in [5.41, 5.74) is 7.59. The molecule has 1 aliphatic heterocycles. The molecule has 0 saturated carbocycles. The van der Waals surface area contributed by atoms with E-state index in [2.05, 4.69) is 10.2 Å². The average molecular weight is 317 g/mol. The zero-order chi connectivity index (χ0) is 16.8. The molecule has 0 radical (unpaired) electrons. The third-order valence-corrected chi connectivity index (χ3v) is 4.58. The zero-order valence-electron chi connectivity index (χ0n) is 14.1. The van der Waals surface area contributed by atoms with Crippen molar-refractivity contribution in [3.63, 3.8) is 0 Å². The molecule has 0 atom stereocenters. The van der Waals surface area contributed by atoms with E-state index >= 15 is 0 Å². The summed E-state index contributed by atoms with van der Waals surface area (Å²) in [5.74, 6) is -0.376. The second-order valence-electron chi connectivity index (χ2n) is 6.15. The molecule has 23 heavy (non-hydrogen) atoms. The number of anilines is 2. The van der Waals surface area contributed by atoms with Gasteiger partial charge in [0.25, 0.3) is 5.91 Å². The van der Waals surface area contributed by atoms with Crippen LogP contribution in [0.4, 0.5) is 11.4 Å². The molecule has 1 heterocycles. The van der Waals surface area contributed by atoms with Gasteiger partial charge in [0.1, 0.15) is 0 Å². The number of primary amides is 1. The molecule has 0 aromatic heterocycles. The van der Waals surface area contributed by atoms with Crippen molar-refractivity contribution in [3.05, 3.63) is 23.8 Å². The van der Waals surface area contributed by atoms with Crippen LogP contribution in [0.3, 0.4) is 0 Å². The minimum Gasteiger partial charge on any atom is -0.371 e. The highest BCUT2D eigenvalue weighted by molar-refractivity contribution is 6.00. The molecule has 1 fully saturated rings. The third-order valence-electron chi connectivity index (χ3n) is 4.58. The van der Waals surface area contributed by atoms with Crippen LogP contribution in [0.25, 0.3) is 0 Å². The highest BCUT2D eigenvalue weighted by Crippen LogP contribution is 2.28. The predicted molar refractivity (Wildman–Crippen MR) is 93.7 cm³/mol. The van der Waals surface area contributed by atoms with Crippen LogP contribution in [0.5, 0.6) is 0 Å². The van der Waals surface area contributed by atoms with Gasteiger partial charge in [0.2, 0.25) is 5.91 Å². The highest BCUT2D eigenvalue weighted by Gasteiger charge is 2.19. The summed E-state index contributed by atoms with van der Waals surface area (Å²) in [5, 5.41) is 2.97. The van der Waals surface area contributed by atoms with E-state index in [0.717, 1.165) is 50.1 Å². The number of benzene rings is 1. The Bertz CT molecular complexity index is 561. The smallest absolute Gasteiger partial charge is 0.250 e. The fourth-order valence-corrected chi connectivity index (χ4v) is 3.12. The van der Waals surface area contributed by atoms with E-state index in [1.165, 1.54) is 6.42 Å². The minimum absolute atomic E-state index is 0.0178. The number of nitrogens with two attached hydrogens (primary N) is 1. The van der Waals surface area contributed by atoms with Gasteiger partial charge in [-0.3, -0.25) is 9.59 Å². The number of hydrogen-bond donors (Lipinski definition) is 2. The molecule has 1 saturated heterocycles. The minimum atomic E-state index is -0.427. The van der Waals surface area contributed by atoms with Gasteiger partial charge in [0, 0.05) is 24.7 Å². The summed E-state index contributed by atoms with van der Waals surface area (Å²) >= 11 is 0. The molecule has 1 aromatic carbocycles. The van der Waals surface area contributed by atoms with Crippen molar-refractivity contribution in [2.24, 2.45) is 11.7 Å². The van der Waals surface area contributed by atoms with E-state index in [4.69, 9.17) is 5.73 Å². The fourth-order valence-electron chi connectivity index (χ4n) is 3.12. The van der Waals surface area contributed by atoms with Crippen LogP contribution in [-0.4, -0.2) is 24.9 Å². The van der Waals surface area contributed by atoms with Gasteiger partial charge in [-0.2, -0.15) is 0 Å². The Morgan fingerprint density at radius 3 is 2.39 bits per heavy atom. The second-order valence-corrected chi connectivity index (χ2v) is 6.15. The zero-order valence-corrected chi connectivity index (χ0v) is 14.1. The van der Waals surface area contributed by atoms with Crippen LogP contribution in [0, 0.1) is 5.92 Å². The molecule has 3 N–H and O–H groups in total. The first-order valence-electron chi connectivity index (χ1n) is 8.56. The molecule has 0 aliphatic carbocycles. The largest absolute Gasteiger partial charge is 0.371 e. The summed E-state index contributed by atoms with van der Waals surface area (Å²) in [4.78, 5) is 26.2. The van der Waals surface area contributed by atoms with Crippen molar-refractivity contribution in [1.82, 2.24) is 0 Å². The molecule has 5 nitrogen and oxygen atoms in total. The van der Waals surface area contributed by atoms with E-state index in [9.17, 15) is 9.59 Å². The Hall–Kier alpha value is -2.04. The van der Waals surface area contributed by atoms with E-state index < -0.39 is 5.91 Å². The van der Waals surface area contributed by atoms with Crippen LogP contribution in [0.1, 0.15) is 56.3 Å². The quantitative estimate of drug-likeness (QED) is 0.846. The number of carbonyl (C=O) groups excluding carboxylic acids is 2. The van der Waals surface area contributed by atoms with Gasteiger partial charge < -0.3 is 16.0 Å². The summed E-state index contributed by atoms with van der Waals surface area (Å²) in [6.07, 6.45) is 5.08. The Morgan fingerprint density at radius 2 is 1.83 bits per heavy atom. The highest BCUT2D eigenvalue weighted by atomic mass is 16.2. The Balaban J connectivity index is 2.25. The van der Waals surface area contributed by atoms with Crippen molar-refractivity contribution in [1.29, 1.82) is 0 Å². The van der Waals surface area contributed by atoms with Crippen molar-refractivity contribution in [3.8, 4) is 0 Å². The van der Waals surface area contributed by atoms with Gasteiger partial charge >= 0.3 is 0 Å². The SMILES string of the molecule is CCC(CC)C(=O)Nc1ccc(C(N)=O)c(N2CCCCC2)c1.